The standard InChI is InChI=1S/C12H14O2/c1-3-10-5-4-6-11(9-10)7-8-12(13)14-2/h3-6,9H,1,7-8H2,2H3. The molecule has 0 saturated heterocycles. The van der Waals surface area contributed by atoms with Crippen LogP contribution in [0.15, 0.2) is 30.8 Å². The van der Waals surface area contributed by atoms with Crippen LogP contribution in [0.3, 0.4) is 0 Å². The summed E-state index contributed by atoms with van der Waals surface area (Å²) in [6.45, 7) is 3.69. The first-order valence-corrected chi connectivity index (χ1v) is 4.54. The molecule has 0 aliphatic carbocycles. The van der Waals surface area contributed by atoms with Crippen molar-refractivity contribution in [2.24, 2.45) is 0 Å². The summed E-state index contributed by atoms with van der Waals surface area (Å²) in [6, 6.07) is 7.96. The molecule has 2 nitrogen and oxygen atoms in total. The minimum Gasteiger partial charge on any atom is -0.469 e. The van der Waals surface area contributed by atoms with Gasteiger partial charge in [-0.3, -0.25) is 4.79 Å². The highest BCUT2D eigenvalue weighted by Gasteiger charge is 2.00. The Labute approximate surface area is 84.2 Å². The van der Waals surface area contributed by atoms with E-state index in [2.05, 4.69) is 11.3 Å². The molecule has 0 aromatic heterocycles. The number of benzene rings is 1. The van der Waals surface area contributed by atoms with Crippen LogP contribution in [0.5, 0.6) is 0 Å². The van der Waals surface area contributed by atoms with Gasteiger partial charge in [0.25, 0.3) is 0 Å². The van der Waals surface area contributed by atoms with Crippen LogP contribution in [0.1, 0.15) is 17.5 Å². The Morgan fingerprint density at radius 1 is 1.57 bits per heavy atom. The van der Waals surface area contributed by atoms with E-state index in [1.807, 2.05) is 24.3 Å². The van der Waals surface area contributed by atoms with E-state index in [1.165, 1.54) is 7.11 Å². The summed E-state index contributed by atoms with van der Waals surface area (Å²) >= 11 is 0. The van der Waals surface area contributed by atoms with Crippen molar-refractivity contribution >= 4 is 12.0 Å². The van der Waals surface area contributed by atoms with Gasteiger partial charge in [-0.1, -0.05) is 36.9 Å². The average Bonchev–Trinajstić information content (AvgIpc) is 2.26. The van der Waals surface area contributed by atoms with E-state index in [0.29, 0.717) is 12.8 Å². The summed E-state index contributed by atoms with van der Waals surface area (Å²) in [6.07, 6.45) is 2.94. The van der Waals surface area contributed by atoms with Crippen molar-refractivity contribution in [3.05, 3.63) is 42.0 Å². The molecular weight excluding hydrogens is 176 g/mol. The van der Waals surface area contributed by atoms with Crippen molar-refractivity contribution in [1.29, 1.82) is 0 Å². The fourth-order valence-corrected chi connectivity index (χ4v) is 1.22. The zero-order valence-corrected chi connectivity index (χ0v) is 8.32. The Balaban J connectivity index is 2.58. The van der Waals surface area contributed by atoms with E-state index >= 15 is 0 Å². The lowest BCUT2D eigenvalue weighted by Gasteiger charge is -2.01. The number of ether oxygens (including phenoxy) is 1. The third-order valence-electron chi connectivity index (χ3n) is 2.03. The molecule has 74 valence electrons. The Kier molecular flexibility index (Phi) is 3.92. The van der Waals surface area contributed by atoms with Crippen LogP contribution in [-0.4, -0.2) is 13.1 Å². The number of esters is 1. The maximum absolute atomic E-state index is 10.9. The van der Waals surface area contributed by atoms with E-state index in [4.69, 9.17) is 0 Å². The molecule has 1 aromatic carbocycles. The second-order valence-corrected chi connectivity index (χ2v) is 3.03. The van der Waals surface area contributed by atoms with Crippen LogP contribution in [0, 0.1) is 0 Å². The summed E-state index contributed by atoms with van der Waals surface area (Å²) in [5, 5.41) is 0. The van der Waals surface area contributed by atoms with Crippen molar-refractivity contribution in [2.45, 2.75) is 12.8 Å². The molecule has 2 heteroatoms. The van der Waals surface area contributed by atoms with E-state index in [0.717, 1.165) is 11.1 Å². The molecule has 0 atom stereocenters. The molecule has 0 radical (unpaired) electrons. The Morgan fingerprint density at radius 2 is 2.36 bits per heavy atom. The highest BCUT2D eigenvalue weighted by molar-refractivity contribution is 5.69. The van der Waals surface area contributed by atoms with Crippen molar-refractivity contribution in [1.82, 2.24) is 0 Å². The highest BCUT2D eigenvalue weighted by atomic mass is 16.5. The average molecular weight is 190 g/mol. The maximum atomic E-state index is 10.9. The Hall–Kier alpha value is -1.57. The van der Waals surface area contributed by atoms with Gasteiger partial charge in [0.2, 0.25) is 0 Å². The number of carbonyl (C=O) groups excluding carboxylic acids is 1. The van der Waals surface area contributed by atoms with Gasteiger partial charge < -0.3 is 4.74 Å². The molecule has 0 spiro atoms. The lowest BCUT2D eigenvalue weighted by atomic mass is 10.1. The minimum absolute atomic E-state index is 0.172. The van der Waals surface area contributed by atoms with Gasteiger partial charge in [-0.25, -0.2) is 0 Å². The Morgan fingerprint density at radius 3 is 3.00 bits per heavy atom. The number of rotatable bonds is 4. The zero-order valence-electron chi connectivity index (χ0n) is 8.32. The molecule has 0 aliphatic heterocycles. The molecule has 0 heterocycles. The molecule has 0 saturated carbocycles. The fraction of sp³-hybridized carbons (Fsp3) is 0.250. The van der Waals surface area contributed by atoms with Crippen LogP contribution < -0.4 is 0 Å². The number of hydrogen-bond donors (Lipinski definition) is 0. The molecule has 0 aliphatic rings. The van der Waals surface area contributed by atoms with Crippen LogP contribution in [0.4, 0.5) is 0 Å². The summed E-state index contributed by atoms with van der Waals surface area (Å²) in [4.78, 5) is 10.9. The minimum atomic E-state index is -0.172. The van der Waals surface area contributed by atoms with Gasteiger partial charge in [0.05, 0.1) is 7.11 Å². The normalized spacial score (nSPS) is 9.50. The maximum Gasteiger partial charge on any atom is 0.305 e. The van der Waals surface area contributed by atoms with Crippen molar-refractivity contribution < 1.29 is 9.53 Å². The molecule has 1 rings (SSSR count). The van der Waals surface area contributed by atoms with E-state index in [-0.39, 0.29) is 5.97 Å². The van der Waals surface area contributed by atoms with Gasteiger partial charge in [-0.15, -0.1) is 0 Å². The third kappa shape index (κ3) is 3.05. The first-order chi connectivity index (χ1) is 6.76. The number of carbonyl (C=O) groups is 1. The van der Waals surface area contributed by atoms with Gasteiger partial charge >= 0.3 is 5.97 Å². The smallest absolute Gasteiger partial charge is 0.305 e. The summed E-state index contributed by atoms with van der Waals surface area (Å²) in [5.41, 5.74) is 2.21. The molecule has 0 unspecified atom stereocenters. The molecule has 14 heavy (non-hydrogen) atoms. The second kappa shape index (κ2) is 5.22. The van der Waals surface area contributed by atoms with Crippen LogP contribution in [-0.2, 0) is 16.0 Å². The lowest BCUT2D eigenvalue weighted by molar-refractivity contribution is -0.140. The summed E-state index contributed by atoms with van der Waals surface area (Å²) in [7, 11) is 1.41. The SMILES string of the molecule is C=Cc1cccc(CCC(=O)OC)c1. The van der Waals surface area contributed by atoms with E-state index in [9.17, 15) is 4.79 Å². The van der Waals surface area contributed by atoms with Gasteiger partial charge in [0, 0.05) is 6.42 Å². The van der Waals surface area contributed by atoms with Gasteiger partial charge in [0.1, 0.15) is 0 Å². The number of aryl methyl sites for hydroxylation is 1. The third-order valence-corrected chi connectivity index (χ3v) is 2.03. The Bertz CT molecular complexity index is 329. The lowest BCUT2D eigenvalue weighted by Crippen LogP contribution is -2.01. The molecular formula is C12H14O2. The molecule has 0 amide bonds. The number of methoxy groups -OCH3 is 1. The monoisotopic (exact) mass is 190 g/mol. The fourth-order valence-electron chi connectivity index (χ4n) is 1.22. The van der Waals surface area contributed by atoms with Crippen molar-refractivity contribution in [3.8, 4) is 0 Å². The topological polar surface area (TPSA) is 26.3 Å². The van der Waals surface area contributed by atoms with Gasteiger partial charge in [-0.05, 0) is 17.5 Å². The van der Waals surface area contributed by atoms with E-state index in [1.54, 1.807) is 6.08 Å². The molecule has 1 aromatic rings. The van der Waals surface area contributed by atoms with Crippen LogP contribution >= 0.6 is 0 Å². The van der Waals surface area contributed by atoms with E-state index < -0.39 is 0 Å². The second-order valence-electron chi connectivity index (χ2n) is 3.03. The summed E-state index contributed by atoms with van der Waals surface area (Å²) in [5.74, 6) is -0.172. The molecule has 0 bridgehead atoms. The molecule has 0 N–H and O–H groups in total. The van der Waals surface area contributed by atoms with Crippen molar-refractivity contribution in [2.75, 3.05) is 7.11 Å². The van der Waals surface area contributed by atoms with Crippen LogP contribution in [0.2, 0.25) is 0 Å². The highest BCUT2D eigenvalue weighted by Crippen LogP contribution is 2.08. The first-order valence-electron chi connectivity index (χ1n) is 4.54. The largest absolute Gasteiger partial charge is 0.469 e. The predicted octanol–water partition coefficient (Wildman–Crippen LogP) is 2.44. The first kappa shape index (κ1) is 10.5. The zero-order chi connectivity index (χ0) is 10.4. The predicted molar refractivity (Wildman–Crippen MR) is 56.9 cm³/mol. The van der Waals surface area contributed by atoms with Gasteiger partial charge in [-0.2, -0.15) is 0 Å². The molecule has 0 fully saturated rings. The van der Waals surface area contributed by atoms with Crippen LogP contribution in [0.25, 0.3) is 6.08 Å². The number of hydrogen-bond acceptors (Lipinski definition) is 2. The van der Waals surface area contributed by atoms with Crippen molar-refractivity contribution in [3.63, 3.8) is 0 Å². The summed E-state index contributed by atoms with van der Waals surface area (Å²) < 4.78 is 4.57. The quantitative estimate of drug-likeness (QED) is 0.681. The van der Waals surface area contributed by atoms with Gasteiger partial charge in [0.15, 0.2) is 0 Å².